The molecule has 4 rings (SSSR count). The van der Waals surface area contributed by atoms with Gasteiger partial charge in [0, 0.05) is 28.9 Å². The first-order chi connectivity index (χ1) is 16.1. The maximum atomic E-state index is 14.5. The molecular formula is C26H22Cl2F2N2O2. The lowest BCUT2D eigenvalue weighted by atomic mass is 10.0. The molecule has 0 atom stereocenters. The molecule has 3 aromatic rings. The van der Waals surface area contributed by atoms with Crippen LogP contribution in [0.2, 0.25) is 10.0 Å². The maximum Gasteiger partial charge on any atom is 0.248 e. The summed E-state index contributed by atoms with van der Waals surface area (Å²) in [5.74, 6) is -0.755. The first kappa shape index (κ1) is 24.0. The predicted octanol–water partition coefficient (Wildman–Crippen LogP) is 6.89. The van der Waals surface area contributed by atoms with Crippen molar-refractivity contribution in [2.45, 2.75) is 18.5 Å². The summed E-state index contributed by atoms with van der Waals surface area (Å²) < 4.78 is 34.8. The number of benzene rings is 3. The predicted molar refractivity (Wildman–Crippen MR) is 133 cm³/mol. The molecule has 176 valence electrons. The summed E-state index contributed by atoms with van der Waals surface area (Å²) in [6.07, 6.45) is 0.865. The Labute approximate surface area is 206 Å². The third kappa shape index (κ3) is 4.88. The van der Waals surface area contributed by atoms with Gasteiger partial charge in [0.05, 0.1) is 16.3 Å². The summed E-state index contributed by atoms with van der Waals surface area (Å²) in [5.41, 5.74) is 6.54. The molecule has 1 aliphatic carbocycles. The van der Waals surface area contributed by atoms with Crippen LogP contribution in [0.25, 0.3) is 16.8 Å². The second kappa shape index (κ2) is 9.28. The molecular weight excluding hydrogens is 481 g/mol. The van der Waals surface area contributed by atoms with Gasteiger partial charge in [-0.3, -0.25) is 4.79 Å². The molecule has 0 bridgehead atoms. The lowest BCUT2D eigenvalue weighted by Gasteiger charge is -2.26. The molecule has 0 radical (unpaired) electrons. The van der Waals surface area contributed by atoms with Gasteiger partial charge in [-0.15, -0.1) is 0 Å². The highest BCUT2D eigenvalue weighted by Gasteiger charge is 2.44. The summed E-state index contributed by atoms with van der Waals surface area (Å²) in [7, 11) is 1.69. The number of primary amides is 1. The molecule has 0 aliphatic heterocycles. The highest BCUT2D eigenvalue weighted by molar-refractivity contribution is 6.33. The van der Waals surface area contributed by atoms with Gasteiger partial charge in [-0.2, -0.15) is 0 Å². The smallest absolute Gasteiger partial charge is 0.248 e. The van der Waals surface area contributed by atoms with Crippen molar-refractivity contribution in [2.24, 2.45) is 5.73 Å². The third-order valence-corrected chi connectivity index (χ3v) is 6.46. The number of amides is 1. The third-order valence-electron chi connectivity index (χ3n) is 5.82. The number of carbonyl (C=O) groups is 1. The number of rotatable bonds is 8. The molecule has 34 heavy (non-hydrogen) atoms. The minimum absolute atomic E-state index is 0.126. The Balaban J connectivity index is 1.76. The fourth-order valence-corrected chi connectivity index (χ4v) is 4.05. The largest absolute Gasteiger partial charge is 0.488 e. The van der Waals surface area contributed by atoms with E-state index in [-0.39, 0.29) is 17.2 Å². The Morgan fingerprint density at radius 1 is 1.15 bits per heavy atom. The van der Waals surface area contributed by atoms with Crippen LogP contribution in [0.15, 0.2) is 61.2 Å². The van der Waals surface area contributed by atoms with E-state index in [1.54, 1.807) is 48.3 Å². The van der Waals surface area contributed by atoms with E-state index in [0.717, 1.165) is 0 Å². The minimum Gasteiger partial charge on any atom is -0.488 e. The van der Waals surface area contributed by atoms with Gasteiger partial charge in [0.15, 0.2) is 0 Å². The van der Waals surface area contributed by atoms with Crippen molar-refractivity contribution in [3.63, 3.8) is 0 Å². The number of ether oxygens (including phenoxy) is 1. The Kier molecular flexibility index (Phi) is 6.56. The molecule has 0 unspecified atom stereocenters. The van der Waals surface area contributed by atoms with Crippen LogP contribution < -0.4 is 15.4 Å². The number of hydrogen-bond donors (Lipinski definition) is 1. The number of hydrogen-bond acceptors (Lipinski definition) is 3. The minimum atomic E-state index is -1.36. The summed E-state index contributed by atoms with van der Waals surface area (Å²) in [6, 6.07) is 14.3. The van der Waals surface area contributed by atoms with Gasteiger partial charge in [0.2, 0.25) is 5.91 Å². The molecule has 8 heteroatoms. The molecule has 4 nitrogen and oxygen atoms in total. The molecule has 2 N–H and O–H groups in total. The van der Waals surface area contributed by atoms with E-state index in [1.165, 1.54) is 18.2 Å². The van der Waals surface area contributed by atoms with E-state index in [1.807, 2.05) is 0 Å². The summed E-state index contributed by atoms with van der Waals surface area (Å²) >= 11 is 12.6. The Bertz CT molecular complexity index is 1270. The highest BCUT2D eigenvalue weighted by atomic mass is 35.5. The summed E-state index contributed by atoms with van der Waals surface area (Å²) in [4.78, 5) is 13.3. The van der Waals surface area contributed by atoms with Crippen LogP contribution in [0.4, 0.5) is 14.5 Å². The van der Waals surface area contributed by atoms with E-state index in [4.69, 9.17) is 33.7 Å². The lowest BCUT2D eigenvalue weighted by Crippen LogP contribution is -2.19. The number of alkyl halides is 1. The van der Waals surface area contributed by atoms with Gasteiger partial charge in [-0.05, 0) is 60.9 Å². The average molecular weight is 503 g/mol. The first-order valence-electron chi connectivity index (χ1n) is 10.5. The van der Waals surface area contributed by atoms with E-state index < -0.39 is 17.4 Å². The number of carbonyl (C=O) groups excluding carboxylic acids is 1. The van der Waals surface area contributed by atoms with Crippen molar-refractivity contribution in [2.75, 3.05) is 18.6 Å². The SMILES string of the molecule is C=C(c1c(F)cccc1Cl)N(C)c1ccc(-c2cc(C(N)=O)ccc2Cl)cc1OCC1(F)CC1. The van der Waals surface area contributed by atoms with Crippen LogP contribution in [-0.2, 0) is 0 Å². The van der Waals surface area contributed by atoms with Crippen molar-refractivity contribution in [1.29, 1.82) is 0 Å². The van der Waals surface area contributed by atoms with Crippen LogP contribution in [0.5, 0.6) is 5.75 Å². The Hall–Kier alpha value is -3.09. The molecule has 0 saturated heterocycles. The average Bonchev–Trinajstić information content (AvgIpc) is 3.54. The standard InChI is InChI=1S/C26H22Cl2F2N2O2/c1-15(24-20(28)4-3-5-21(24)29)32(2)22-9-7-16(13-23(22)34-14-26(30)10-11-26)18-12-17(25(31)33)6-8-19(18)27/h3-9,12-13H,1,10-11,14H2,2H3,(H2,31,33). The number of nitrogens with zero attached hydrogens (tertiary/aromatic N) is 1. The van der Waals surface area contributed by atoms with Crippen LogP contribution >= 0.6 is 23.2 Å². The molecule has 1 fully saturated rings. The zero-order valence-corrected chi connectivity index (χ0v) is 19.9. The number of nitrogens with two attached hydrogens (primary N) is 1. The summed E-state index contributed by atoms with van der Waals surface area (Å²) in [5, 5.41) is 0.621. The second-order valence-corrected chi connectivity index (χ2v) is 9.10. The van der Waals surface area contributed by atoms with Crippen molar-refractivity contribution in [3.05, 3.63) is 88.2 Å². The normalized spacial score (nSPS) is 13.9. The van der Waals surface area contributed by atoms with Crippen LogP contribution in [0.1, 0.15) is 28.8 Å². The molecule has 1 aliphatic rings. The molecule has 0 heterocycles. The van der Waals surface area contributed by atoms with Crippen LogP contribution in [-0.4, -0.2) is 25.2 Å². The zero-order chi connectivity index (χ0) is 24.6. The fourth-order valence-electron chi connectivity index (χ4n) is 3.55. The van der Waals surface area contributed by atoms with Gasteiger partial charge >= 0.3 is 0 Å². The quantitative estimate of drug-likeness (QED) is 0.364. The Morgan fingerprint density at radius 2 is 1.88 bits per heavy atom. The van der Waals surface area contributed by atoms with Crippen molar-refractivity contribution in [3.8, 4) is 16.9 Å². The van der Waals surface area contributed by atoms with E-state index >= 15 is 0 Å². The van der Waals surface area contributed by atoms with Crippen molar-refractivity contribution >= 4 is 40.5 Å². The molecule has 1 amide bonds. The lowest BCUT2D eigenvalue weighted by molar-refractivity contribution is 0.100. The fraction of sp³-hybridized carbons (Fsp3) is 0.192. The van der Waals surface area contributed by atoms with Crippen molar-refractivity contribution in [1.82, 2.24) is 0 Å². The molecule has 1 saturated carbocycles. The summed E-state index contributed by atoms with van der Waals surface area (Å²) in [6.45, 7) is 3.88. The van der Waals surface area contributed by atoms with E-state index in [2.05, 4.69) is 6.58 Å². The maximum absolute atomic E-state index is 14.5. The highest BCUT2D eigenvalue weighted by Crippen LogP contribution is 2.43. The number of anilines is 1. The van der Waals surface area contributed by atoms with E-state index in [9.17, 15) is 13.6 Å². The van der Waals surface area contributed by atoms with Crippen molar-refractivity contribution < 1.29 is 18.3 Å². The van der Waals surface area contributed by atoms with Crippen LogP contribution in [0, 0.1) is 5.82 Å². The van der Waals surface area contributed by atoms with Gasteiger partial charge < -0.3 is 15.4 Å². The topological polar surface area (TPSA) is 55.6 Å². The van der Waals surface area contributed by atoms with Gasteiger partial charge in [0.1, 0.15) is 23.8 Å². The molecule has 3 aromatic carbocycles. The monoisotopic (exact) mass is 502 g/mol. The van der Waals surface area contributed by atoms with E-state index in [0.29, 0.717) is 51.7 Å². The zero-order valence-electron chi connectivity index (χ0n) is 18.4. The van der Waals surface area contributed by atoms with Gasteiger partial charge in [-0.1, -0.05) is 41.9 Å². The van der Waals surface area contributed by atoms with Gasteiger partial charge in [0.25, 0.3) is 0 Å². The molecule has 0 aromatic heterocycles. The Morgan fingerprint density at radius 3 is 2.53 bits per heavy atom. The molecule has 0 spiro atoms. The number of halogens is 4. The second-order valence-electron chi connectivity index (χ2n) is 8.28. The van der Waals surface area contributed by atoms with Crippen LogP contribution in [0.3, 0.4) is 0 Å². The first-order valence-corrected chi connectivity index (χ1v) is 11.3. The van der Waals surface area contributed by atoms with Gasteiger partial charge in [-0.25, -0.2) is 8.78 Å².